The first-order valence-electron chi connectivity index (χ1n) is 11.1. The van der Waals surface area contributed by atoms with Crippen LogP contribution in [0, 0.1) is 20.8 Å². The third-order valence-corrected chi connectivity index (χ3v) is 6.02. The number of benzene rings is 3. The Morgan fingerprint density at radius 2 is 1.30 bits per heavy atom. The van der Waals surface area contributed by atoms with Crippen LogP contribution in [0.25, 0.3) is 44.9 Å². The van der Waals surface area contributed by atoms with Gasteiger partial charge in [0, 0.05) is 34.8 Å². The molecule has 0 saturated heterocycles. The SMILES string of the molecule is Cc1cc(-c2cccc(-c3cccnc3)c2)nc(-c2cccc(-c3ccccc3C)c2C)n1. The Kier molecular flexibility index (Phi) is 5.54. The summed E-state index contributed by atoms with van der Waals surface area (Å²) in [5.74, 6) is 0.754. The highest BCUT2D eigenvalue weighted by molar-refractivity contribution is 5.78. The van der Waals surface area contributed by atoms with Crippen molar-refractivity contribution >= 4 is 0 Å². The van der Waals surface area contributed by atoms with Gasteiger partial charge >= 0.3 is 0 Å². The van der Waals surface area contributed by atoms with E-state index in [0.29, 0.717) is 0 Å². The van der Waals surface area contributed by atoms with Gasteiger partial charge in [-0.3, -0.25) is 4.98 Å². The van der Waals surface area contributed by atoms with E-state index in [1.165, 1.54) is 22.3 Å². The Morgan fingerprint density at radius 3 is 2.12 bits per heavy atom. The summed E-state index contributed by atoms with van der Waals surface area (Å²) in [4.78, 5) is 14.1. The summed E-state index contributed by atoms with van der Waals surface area (Å²) in [6, 6.07) is 29.4. The van der Waals surface area contributed by atoms with E-state index in [-0.39, 0.29) is 0 Å². The van der Waals surface area contributed by atoms with Gasteiger partial charge in [0.05, 0.1) is 5.69 Å². The molecule has 0 atom stereocenters. The second kappa shape index (κ2) is 8.79. The summed E-state index contributed by atoms with van der Waals surface area (Å²) in [5.41, 5.74) is 11.1. The van der Waals surface area contributed by atoms with Crippen molar-refractivity contribution in [3.05, 3.63) is 114 Å². The van der Waals surface area contributed by atoms with Crippen LogP contribution in [0.2, 0.25) is 0 Å². The number of aryl methyl sites for hydroxylation is 2. The van der Waals surface area contributed by atoms with Crippen LogP contribution in [-0.2, 0) is 0 Å². The van der Waals surface area contributed by atoms with Gasteiger partial charge < -0.3 is 0 Å². The number of hydrogen-bond acceptors (Lipinski definition) is 3. The molecule has 3 aromatic carbocycles. The quantitative estimate of drug-likeness (QED) is 0.299. The molecule has 3 heteroatoms. The van der Waals surface area contributed by atoms with Crippen LogP contribution in [0.1, 0.15) is 16.8 Å². The molecule has 3 nitrogen and oxygen atoms in total. The van der Waals surface area contributed by atoms with E-state index in [0.717, 1.165) is 39.5 Å². The first-order chi connectivity index (χ1) is 16.1. The second-order valence-corrected chi connectivity index (χ2v) is 8.33. The Hall–Kier alpha value is -4.11. The zero-order chi connectivity index (χ0) is 22.8. The molecule has 0 aliphatic carbocycles. The lowest BCUT2D eigenvalue weighted by molar-refractivity contribution is 1.11. The molecule has 2 heterocycles. The molecule has 0 N–H and O–H groups in total. The molecule has 0 spiro atoms. The van der Waals surface area contributed by atoms with Gasteiger partial charge in [-0.15, -0.1) is 0 Å². The van der Waals surface area contributed by atoms with Crippen molar-refractivity contribution in [1.82, 2.24) is 15.0 Å². The van der Waals surface area contributed by atoms with E-state index < -0.39 is 0 Å². The zero-order valence-corrected chi connectivity index (χ0v) is 19.1. The molecule has 160 valence electrons. The van der Waals surface area contributed by atoms with Crippen molar-refractivity contribution in [1.29, 1.82) is 0 Å². The monoisotopic (exact) mass is 427 g/mol. The van der Waals surface area contributed by atoms with Gasteiger partial charge in [-0.2, -0.15) is 0 Å². The van der Waals surface area contributed by atoms with E-state index >= 15 is 0 Å². The second-order valence-electron chi connectivity index (χ2n) is 8.33. The zero-order valence-electron chi connectivity index (χ0n) is 19.1. The topological polar surface area (TPSA) is 38.7 Å². The summed E-state index contributed by atoms with van der Waals surface area (Å²) in [6.07, 6.45) is 3.68. The third-order valence-electron chi connectivity index (χ3n) is 6.02. The van der Waals surface area contributed by atoms with Crippen molar-refractivity contribution in [2.75, 3.05) is 0 Å². The molecule has 0 aliphatic rings. The Balaban J connectivity index is 1.60. The molecular formula is C30H25N3. The molecule has 0 saturated carbocycles. The molecule has 0 unspecified atom stereocenters. The van der Waals surface area contributed by atoms with Crippen LogP contribution >= 0.6 is 0 Å². The van der Waals surface area contributed by atoms with E-state index in [9.17, 15) is 0 Å². The number of aromatic nitrogens is 3. The minimum atomic E-state index is 0.754. The van der Waals surface area contributed by atoms with Crippen LogP contribution in [0.15, 0.2) is 97.3 Å². The highest BCUT2D eigenvalue weighted by Gasteiger charge is 2.14. The van der Waals surface area contributed by atoms with Crippen LogP contribution in [0.3, 0.4) is 0 Å². The van der Waals surface area contributed by atoms with Crippen molar-refractivity contribution in [2.24, 2.45) is 0 Å². The lowest BCUT2D eigenvalue weighted by Gasteiger charge is -2.14. The highest BCUT2D eigenvalue weighted by Crippen LogP contribution is 2.33. The van der Waals surface area contributed by atoms with Gasteiger partial charge in [0.2, 0.25) is 0 Å². The predicted molar refractivity (Wildman–Crippen MR) is 136 cm³/mol. The standard InChI is InChI=1S/C30H25N3/c1-20-9-4-5-13-26(20)27-14-7-15-28(22(27)3)30-32-21(2)17-29(33-30)24-11-6-10-23(18-24)25-12-8-16-31-19-25/h4-19H,1-3H3. The van der Waals surface area contributed by atoms with Crippen molar-refractivity contribution in [2.45, 2.75) is 20.8 Å². The average Bonchev–Trinajstić information content (AvgIpc) is 2.85. The molecule has 0 bridgehead atoms. The molecule has 5 aromatic rings. The number of hydrogen-bond donors (Lipinski definition) is 0. The molecular weight excluding hydrogens is 402 g/mol. The van der Waals surface area contributed by atoms with Gasteiger partial charge in [0.1, 0.15) is 0 Å². The van der Waals surface area contributed by atoms with Gasteiger partial charge in [0.15, 0.2) is 5.82 Å². The van der Waals surface area contributed by atoms with Crippen LogP contribution in [-0.4, -0.2) is 15.0 Å². The lowest BCUT2D eigenvalue weighted by atomic mass is 9.93. The summed E-state index contributed by atoms with van der Waals surface area (Å²) < 4.78 is 0. The molecule has 33 heavy (non-hydrogen) atoms. The molecule has 0 radical (unpaired) electrons. The first-order valence-corrected chi connectivity index (χ1v) is 11.1. The van der Waals surface area contributed by atoms with E-state index in [2.05, 4.69) is 91.6 Å². The molecule has 0 fully saturated rings. The summed E-state index contributed by atoms with van der Waals surface area (Å²) in [7, 11) is 0. The minimum absolute atomic E-state index is 0.754. The summed E-state index contributed by atoms with van der Waals surface area (Å²) in [6.45, 7) is 6.34. The Morgan fingerprint density at radius 1 is 0.576 bits per heavy atom. The maximum absolute atomic E-state index is 5.00. The van der Waals surface area contributed by atoms with Crippen LogP contribution in [0.5, 0.6) is 0 Å². The molecule has 0 aliphatic heterocycles. The smallest absolute Gasteiger partial charge is 0.160 e. The Bertz CT molecular complexity index is 1440. The van der Waals surface area contributed by atoms with Gasteiger partial charge in [0.25, 0.3) is 0 Å². The number of pyridine rings is 1. The van der Waals surface area contributed by atoms with Gasteiger partial charge in [-0.25, -0.2) is 9.97 Å². The van der Waals surface area contributed by atoms with Crippen LogP contribution < -0.4 is 0 Å². The van der Waals surface area contributed by atoms with Crippen molar-refractivity contribution in [3.8, 4) is 44.9 Å². The summed E-state index contributed by atoms with van der Waals surface area (Å²) >= 11 is 0. The van der Waals surface area contributed by atoms with Crippen LogP contribution in [0.4, 0.5) is 0 Å². The highest BCUT2D eigenvalue weighted by atomic mass is 14.9. The maximum Gasteiger partial charge on any atom is 0.160 e. The average molecular weight is 428 g/mol. The van der Waals surface area contributed by atoms with E-state index in [1.54, 1.807) is 6.20 Å². The first kappa shape index (κ1) is 20.8. The molecule has 5 rings (SSSR count). The Labute approximate surface area is 194 Å². The summed E-state index contributed by atoms with van der Waals surface area (Å²) in [5, 5.41) is 0. The van der Waals surface area contributed by atoms with Gasteiger partial charge in [-0.1, -0.05) is 66.7 Å². The number of nitrogens with zero attached hydrogens (tertiary/aromatic N) is 3. The fourth-order valence-corrected chi connectivity index (χ4v) is 4.27. The molecule has 2 aromatic heterocycles. The third kappa shape index (κ3) is 4.18. The maximum atomic E-state index is 5.00. The number of rotatable bonds is 4. The van der Waals surface area contributed by atoms with Crippen molar-refractivity contribution in [3.63, 3.8) is 0 Å². The fourth-order valence-electron chi connectivity index (χ4n) is 4.27. The molecule has 0 amide bonds. The van der Waals surface area contributed by atoms with E-state index in [1.807, 2.05) is 25.3 Å². The fraction of sp³-hybridized carbons (Fsp3) is 0.100. The largest absolute Gasteiger partial charge is 0.264 e. The van der Waals surface area contributed by atoms with Gasteiger partial charge in [-0.05, 0) is 66.8 Å². The lowest BCUT2D eigenvalue weighted by Crippen LogP contribution is -1.98. The normalized spacial score (nSPS) is 10.9. The van der Waals surface area contributed by atoms with Crippen molar-refractivity contribution < 1.29 is 0 Å². The minimum Gasteiger partial charge on any atom is -0.264 e. The van der Waals surface area contributed by atoms with E-state index in [4.69, 9.17) is 9.97 Å². The predicted octanol–water partition coefficient (Wildman–Crippen LogP) is 7.46.